The molecule has 0 aliphatic carbocycles. The second-order valence-electron chi connectivity index (χ2n) is 6.60. The van der Waals surface area contributed by atoms with Crippen LogP contribution in [0.15, 0.2) is 22.8 Å². The molecule has 23 heavy (non-hydrogen) atoms. The molecule has 2 saturated heterocycles. The average molecular weight is 320 g/mol. The van der Waals surface area contributed by atoms with E-state index in [2.05, 4.69) is 22.2 Å². The Morgan fingerprint density at radius 2 is 2.00 bits per heavy atom. The van der Waals surface area contributed by atoms with Gasteiger partial charge in [-0.05, 0) is 58.1 Å². The van der Waals surface area contributed by atoms with Crippen LogP contribution in [0.2, 0.25) is 0 Å². The van der Waals surface area contributed by atoms with Crippen molar-refractivity contribution in [2.75, 3.05) is 52.9 Å². The van der Waals surface area contributed by atoms with Crippen molar-refractivity contribution in [1.82, 2.24) is 20.0 Å². The van der Waals surface area contributed by atoms with Crippen molar-refractivity contribution >= 4 is 6.03 Å². The summed E-state index contributed by atoms with van der Waals surface area (Å²) >= 11 is 0. The van der Waals surface area contributed by atoms with E-state index in [0.29, 0.717) is 6.54 Å². The van der Waals surface area contributed by atoms with Crippen molar-refractivity contribution in [3.05, 3.63) is 24.2 Å². The van der Waals surface area contributed by atoms with E-state index in [9.17, 15) is 4.79 Å². The van der Waals surface area contributed by atoms with Gasteiger partial charge in [0.25, 0.3) is 0 Å². The second-order valence-corrected chi connectivity index (χ2v) is 6.60. The number of nitrogens with zero attached hydrogens (tertiary/aromatic N) is 3. The van der Waals surface area contributed by atoms with Crippen molar-refractivity contribution in [2.45, 2.75) is 25.3 Å². The van der Waals surface area contributed by atoms with E-state index in [0.717, 1.165) is 51.4 Å². The van der Waals surface area contributed by atoms with Crippen molar-refractivity contribution < 1.29 is 9.21 Å². The van der Waals surface area contributed by atoms with Crippen LogP contribution in [0.4, 0.5) is 4.79 Å². The molecule has 3 rings (SSSR count). The predicted molar refractivity (Wildman–Crippen MR) is 89.3 cm³/mol. The lowest BCUT2D eigenvalue weighted by molar-refractivity contribution is 0.182. The maximum Gasteiger partial charge on any atom is 0.317 e. The van der Waals surface area contributed by atoms with Crippen LogP contribution in [0.3, 0.4) is 0 Å². The molecule has 0 spiro atoms. The van der Waals surface area contributed by atoms with Gasteiger partial charge in [-0.1, -0.05) is 0 Å². The van der Waals surface area contributed by atoms with Crippen LogP contribution in [0.1, 0.15) is 31.1 Å². The number of furan rings is 1. The molecule has 128 valence electrons. The lowest BCUT2D eigenvalue weighted by Gasteiger charge is -2.28. The van der Waals surface area contributed by atoms with Crippen molar-refractivity contribution in [2.24, 2.45) is 0 Å². The van der Waals surface area contributed by atoms with Gasteiger partial charge in [0, 0.05) is 26.2 Å². The lowest BCUT2D eigenvalue weighted by Crippen LogP contribution is -2.45. The van der Waals surface area contributed by atoms with E-state index >= 15 is 0 Å². The average Bonchev–Trinajstić information content (AvgIpc) is 3.21. The van der Waals surface area contributed by atoms with Crippen molar-refractivity contribution in [3.8, 4) is 0 Å². The third-order valence-electron chi connectivity index (χ3n) is 4.91. The van der Waals surface area contributed by atoms with Gasteiger partial charge in [-0.2, -0.15) is 0 Å². The van der Waals surface area contributed by atoms with Crippen molar-refractivity contribution in [3.63, 3.8) is 0 Å². The molecule has 1 N–H and O–H groups in total. The fourth-order valence-electron chi connectivity index (χ4n) is 3.49. The topological polar surface area (TPSA) is 52.0 Å². The molecule has 0 bridgehead atoms. The van der Waals surface area contributed by atoms with Crippen molar-refractivity contribution in [1.29, 1.82) is 0 Å². The number of rotatable bonds is 4. The fourth-order valence-corrected chi connectivity index (χ4v) is 3.49. The number of likely N-dealkylation sites (tertiary alicyclic amines) is 1. The fraction of sp³-hybridized carbons (Fsp3) is 0.706. The summed E-state index contributed by atoms with van der Waals surface area (Å²) in [4.78, 5) is 19.1. The lowest BCUT2D eigenvalue weighted by atomic mass is 10.2. The Hall–Kier alpha value is -1.53. The third kappa shape index (κ3) is 4.26. The Morgan fingerprint density at radius 1 is 1.17 bits per heavy atom. The standard InChI is InChI=1S/C17H28N4O2/c1-19-7-5-10-21(12-11-19)17(22)18-14-15(16-6-4-13-23-16)20-8-2-3-9-20/h4,6,13,15H,2-3,5,7-12,14H2,1H3,(H,18,22)/t15-/m0/s1. The highest BCUT2D eigenvalue weighted by atomic mass is 16.3. The second kappa shape index (κ2) is 7.84. The highest BCUT2D eigenvalue weighted by molar-refractivity contribution is 5.74. The Labute approximate surface area is 138 Å². The van der Waals surface area contributed by atoms with E-state index < -0.39 is 0 Å². The number of nitrogens with one attached hydrogen (secondary N) is 1. The maximum atomic E-state index is 12.5. The van der Waals surface area contributed by atoms with Gasteiger partial charge in [-0.15, -0.1) is 0 Å². The number of hydrogen-bond donors (Lipinski definition) is 1. The number of amides is 2. The molecule has 1 atom stereocenters. The summed E-state index contributed by atoms with van der Waals surface area (Å²) in [5, 5.41) is 3.13. The first-order valence-corrected chi connectivity index (χ1v) is 8.73. The molecule has 0 unspecified atom stereocenters. The Morgan fingerprint density at radius 3 is 2.74 bits per heavy atom. The number of likely N-dealkylation sites (N-methyl/N-ethyl adjacent to an activating group) is 1. The highest BCUT2D eigenvalue weighted by Crippen LogP contribution is 2.24. The SMILES string of the molecule is CN1CCCN(C(=O)NC[C@@H](c2ccco2)N2CCCC2)CC1. The maximum absolute atomic E-state index is 12.5. The Bertz CT molecular complexity index is 485. The predicted octanol–water partition coefficient (Wildman–Crippen LogP) is 1.76. The normalized spacial score (nSPS) is 22.0. The summed E-state index contributed by atoms with van der Waals surface area (Å²) in [5.41, 5.74) is 0. The van der Waals surface area contributed by atoms with Crippen LogP contribution in [0.25, 0.3) is 0 Å². The molecule has 6 heteroatoms. The van der Waals surface area contributed by atoms with E-state index in [1.165, 1.54) is 12.8 Å². The van der Waals surface area contributed by atoms with Gasteiger partial charge in [0.15, 0.2) is 0 Å². The summed E-state index contributed by atoms with van der Waals surface area (Å²) in [6.07, 6.45) is 5.20. The van der Waals surface area contributed by atoms with E-state index in [1.54, 1.807) is 6.26 Å². The largest absolute Gasteiger partial charge is 0.468 e. The monoisotopic (exact) mass is 320 g/mol. The minimum atomic E-state index is 0.0519. The molecule has 0 saturated carbocycles. The number of carbonyl (C=O) groups excluding carboxylic acids is 1. The zero-order chi connectivity index (χ0) is 16.1. The minimum absolute atomic E-state index is 0.0519. The summed E-state index contributed by atoms with van der Waals surface area (Å²) in [7, 11) is 2.11. The van der Waals surface area contributed by atoms with E-state index in [1.807, 2.05) is 17.0 Å². The smallest absolute Gasteiger partial charge is 0.317 e. The van der Waals surface area contributed by atoms with Gasteiger partial charge in [-0.25, -0.2) is 4.79 Å². The van der Waals surface area contributed by atoms with E-state index in [-0.39, 0.29) is 12.1 Å². The minimum Gasteiger partial charge on any atom is -0.468 e. The molecule has 1 aromatic rings. The van der Waals surface area contributed by atoms with Gasteiger partial charge in [0.2, 0.25) is 0 Å². The van der Waals surface area contributed by atoms with Gasteiger partial charge in [0.05, 0.1) is 12.3 Å². The molecule has 2 aliphatic heterocycles. The van der Waals surface area contributed by atoms with Crippen LogP contribution in [-0.4, -0.2) is 73.6 Å². The molecular weight excluding hydrogens is 292 g/mol. The first-order chi connectivity index (χ1) is 11.2. The first-order valence-electron chi connectivity index (χ1n) is 8.73. The Balaban J connectivity index is 1.56. The quantitative estimate of drug-likeness (QED) is 0.918. The summed E-state index contributed by atoms with van der Waals surface area (Å²) in [5.74, 6) is 0.947. The number of hydrogen-bond acceptors (Lipinski definition) is 4. The molecule has 2 fully saturated rings. The zero-order valence-electron chi connectivity index (χ0n) is 14.0. The van der Waals surface area contributed by atoms with Crippen LogP contribution < -0.4 is 5.32 Å². The van der Waals surface area contributed by atoms with Gasteiger partial charge in [0.1, 0.15) is 5.76 Å². The van der Waals surface area contributed by atoms with E-state index in [4.69, 9.17) is 4.42 Å². The van der Waals surface area contributed by atoms with Crippen LogP contribution in [0.5, 0.6) is 0 Å². The molecule has 3 heterocycles. The molecule has 1 aromatic heterocycles. The third-order valence-corrected chi connectivity index (χ3v) is 4.91. The molecule has 0 aromatic carbocycles. The summed E-state index contributed by atoms with van der Waals surface area (Å²) in [6, 6.07) is 4.13. The van der Waals surface area contributed by atoms with Gasteiger partial charge in [-0.3, -0.25) is 4.90 Å². The van der Waals surface area contributed by atoms with Crippen LogP contribution >= 0.6 is 0 Å². The summed E-state index contributed by atoms with van der Waals surface area (Å²) in [6.45, 7) is 6.42. The Kier molecular flexibility index (Phi) is 5.56. The number of carbonyl (C=O) groups is 1. The zero-order valence-corrected chi connectivity index (χ0v) is 14.0. The summed E-state index contributed by atoms with van der Waals surface area (Å²) < 4.78 is 5.61. The molecule has 6 nitrogen and oxygen atoms in total. The molecular formula is C17H28N4O2. The van der Waals surface area contributed by atoms with Gasteiger partial charge < -0.3 is 19.5 Å². The molecule has 2 amide bonds. The van der Waals surface area contributed by atoms with Crippen LogP contribution in [-0.2, 0) is 0 Å². The van der Waals surface area contributed by atoms with Crippen LogP contribution in [0, 0.1) is 0 Å². The molecule has 0 radical (unpaired) electrons. The van der Waals surface area contributed by atoms with Gasteiger partial charge >= 0.3 is 6.03 Å². The highest BCUT2D eigenvalue weighted by Gasteiger charge is 2.27. The number of urea groups is 1. The molecule has 2 aliphatic rings. The first kappa shape index (κ1) is 16.3.